The van der Waals surface area contributed by atoms with Gasteiger partial charge in [-0.15, -0.1) is 0 Å². The Kier molecular flexibility index (Phi) is 5.41. The summed E-state index contributed by atoms with van der Waals surface area (Å²) < 4.78 is 0. The maximum atomic E-state index is 3.55. The molecule has 19 heavy (non-hydrogen) atoms. The van der Waals surface area contributed by atoms with Crippen molar-refractivity contribution in [2.75, 3.05) is 13.6 Å². The maximum absolute atomic E-state index is 3.55. The predicted octanol–water partition coefficient (Wildman–Crippen LogP) is 3.42. The van der Waals surface area contributed by atoms with Crippen LogP contribution in [-0.2, 0) is 13.1 Å². The summed E-state index contributed by atoms with van der Waals surface area (Å²) in [6.07, 6.45) is 4.17. The van der Waals surface area contributed by atoms with Crippen LogP contribution in [0, 0.1) is 5.92 Å². The van der Waals surface area contributed by atoms with Gasteiger partial charge < -0.3 is 5.32 Å². The summed E-state index contributed by atoms with van der Waals surface area (Å²) in [4.78, 5) is 2.52. The van der Waals surface area contributed by atoms with Crippen molar-refractivity contribution in [2.45, 2.75) is 52.2 Å². The van der Waals surface area contributed by atoms with E-state index in [-0.39, 0.29) is 0 Å². The molecule has 1 N–H and O–H groups in total. The summed E-state index contributed by atoms with van der Waals surface area (Å²) in [6, 6.07) is 9.67. The van der Waals surface area contributed by atoms with E-state index in [0.717, 1.165) is 25.7 Å². The zero-order valence-corrected chi connectivity index (χ0v) is 12.7. The van der Waals surface area contributed by atoms with Gasteiger partial charge in [-0.2, -0.15) is 0 Å². The molecule has 106 valence electrons. The van der Waals surface area contributed by atoms with Crippen LogP contribution in [0.5, 0.6) is 0 Å². The molecule has 0 aromatic heterocycles. The first-order chi connectivity index (χ1) is 9.16. The van der Waals surface area contributed by atoms with Crippen molar-refractivity contribution >= 4 is 0 Å². The van der Waals surface area contributed by atoms with E-state index in [1.807, 2.05) is 0 Å². The molecular formula is C17H28N2. The molecule has 0 radical (unpaired) electrons. The molecule has 0 saturated heterocycles. The van der Waals surface area contributed by atoms with Gasteiger partial charge in [0.1, 0.15) is 0 Å². The second-order valence-electron chi connectivity index (χ2n) is 6.29. The van der Waals surface area contributed by atoms with E-state index in [1.165, 1.54) is 30.4 Å². The minimum Gasteiger partial charge on any atom is -0.312 e. The van der Waals surface area contributed by atoms with Gasteiger partial charge in [-0.25, -0.2) is 0 Å². The van der Waals surface area contributed by atoms with E-state index in [4.69, 9.17) is 0 Å². The number of hydrogen-bond acceptors (Lipinski definition) is 2. The Morgan fingerprint density at radius 1 is 1.21 bits per heavy atom. The fourth-order valence-electron chi connectivity index (χ4n) is 2.60. The van der Waals surface area contributed by atoms with Crippen LogP contribution >= 0.6 is 0 Å². The first kappa shape index (κ1) is 14.5. The van der Waals surface area contributed by atoms with E-state index in [1.54, 1.807) is 0 Å². The number of nitrogens with zero attached hydrogens (tertiary/aromatic N) is 1. The molecule has 2 rings (SSSR count). The van der Waals surface area contributed by atoms with Gasteiger partial charge in [-0.05, 0) is 43.5 Å². The van der Waals surface area contributed by atoms with Crippen LogP contribution in [-0.4, -0.2) is 24.5 Å². The summed E-state index contributed by atoms with van der Waals surface area (Å²) in [5.41, 5.74) is 2.93. The summed E-state index contributed by atoms with van der Waals surface area (Å²) in [5, 5.41) is 3.55. The highest BCUT2D eigenvalue weighted by atomic mass is 15.1. The van der Waals surface area contributed by atoms with Gasteiger partial charge >= 0.3 is 0 Å². The largest absolute Gasteiger partial charge is 0.312 e. The van der Waals surface area contributed by atoms with Crippen molar-refractivity contribution in [3.05, 3.63) is 35.4 Å². The van der Waals surface area contributed by atoms with Gasteiger partial charge in [-0.1, -0.05) is 44.5 Å². The molecule has 0 amide bonds. The number of hydrogen-bond donors (Lipinski definition) is 1. The van der Waals surface area contributed by atoms with Crippen molar-refractivity contribution < 1.29 is 0 Å². The van der Waals surface area contributed by atoms with Crippen molar-refractivity contribution in [2.24, 2.45) is 5.92 Å². The molecule has 2 heteroatoms. The van der Waals surface area contributed by atoms with Crippen molar-refractivity contribution in [3.63, 3.8) is 0 Å². The molecule has 1 saturated carbocycles. The Labute approximate surface area is 118 Å². The summed E-state index contributed by atoms with van der Waals surface area (Å²) >= 11 is 0. The lowest BCUT2D eigenvalue weighted by atomic mass is 9.91. The quantitative estimate of drug-likeness (QED) is 0.808. The normalized spacial score (nSPS) is 16.1. The first-order valence-corrected chi connectivity index (χ1v) is 7.64. The molecule has 0 atom stereocenters. The number of rotatable bonds is 7. The highest BCUT2D eigenvalue weighted by Gasteiger charge is 2.22. The first-order valence-electron chi connectivity index (χ1n) is 7.64. The molecule has 0 bridgehead atoms. The van der Waals surface area contributed by atoms with Crippen molar-refractivity contribution in [1.29, 1.82) is 0 Å². The van der Waals surface area contributed by atoms with Crippen LogP contribution in [0.4, 0.5) is 0 Å². The molecule has 2 nitrogen and oxygen atoms in total. The zero-order chi connectivity index (χ0) is 13.7. The van der Waals surface area contributed by atoms with Gasteiger partial charge in [0.25, 0.3) is 0 Å². The van der Waals surface area contributed by atoms with Crippen LogP contribution in [0.3, 0.4) is 0 Å². The van der Waals surface area contributed by atoms with Gasteiger partial charge in [0.15, 0.2) is 0 Å². The minimum absolute atomic E-state index is 0.713. The third-order valence-corrected chi connectivity index (χ3v) is 4.10. The molecule has 0 unspecified atom stereocenters. The number of benzene rings is 1. The average Bonchev–Trinajstić information content (AvgIpc) is 2.28. The fourth-order valence-corrected chi connectivity index (χ4v) is 2.60. The van der Waals surface area contributed by atoms with Crippen LogP contribution in [0.2, 0.25) is 0 Å². The van der Waals surface area contributed by atoms with E-state index in [2.05, 4.69) is 55.4 Å². The highest BCUT2D eigenvalue weighted by Crippen LogP contribution is 2.25. The third-order valence-electron chi connectivity index (χ3n) is 4.10. The van der Waals surface area contributed by atoms with Crippen LogP contribution in [0.25, 0.3) is 0 Å². The molecule has 1 fully saturated rings. The monoisotopic (exact) mass is 260 g/mol. The Hall–Kier alpha value is -0.860. The third kappa shape index (κ3) is 4.32. The second kappa shape index (κ2) is 7.06. The SMILES string of the molecule is CC(C)CNCc1ccccc1CN(C)C1CCC1. The molecule has 0 spiro atoms. The molecule has 1 aliphatic carbocycles. The predicted molar refractivity (Wildman–Crippen MR) is 82.1 cm³/mol. The smallest absolute Gasteiger partial charge is 0.0236 e. The Balaban J connectivity index is 1.91. The van der Waals surface area contributed by atoms with Crippen molar-refractivity contribution in [3.8, 4) is 0 Å². The minimum atomic E-state index is 0.713. The van der Waals surface area contributed by atoms with Crippen molar-refractivity contribution in [1.82, 2.24) is 10.2 Å². The second-order valence-corrected chi connectivity index (χ2v) is 6.29. The van der Waals surface area contributed by atoms with E-state index < -0.39 is 0 Å². The molecule has 1 aromatic rings. The van der Waals surface area contributed by atoms with Gasteiger partial charge in [0.05, 0.1) is 0 Å². The lowest BCUT2D eigenvalue weighted by Gasteiger charge is -2.35. The van der Waals surface area contributed by atoms with Crippen LogP contribution in [0.1, 0.15) is 44.2 Å². The maximum Gasteiger partial charge on any atom is 0.0236 e. The fraction of sp³-hybridized carbons (Fsp3) is 0.647. The summed E-state index contributed by atoms with van der Waals surface area (Å²) in [5.74, 6) is 0.713. The molecule has 1 aromatic carbocycles. The topological polar surface area (TPSA) is 15.3 Å². The van der Waals surface area contributed by atoms with E-state index in [0.29, 0.717) is 5.92 Å². The van der Waals surface area contributed by atoms with Gasteiger partial charge in [-0.3, -0.25) is 4.90 Å². The number of nitrogens with one attached hydrogen (secondary N) is 1. The van der Waals surface area contributed by atoms with Gasteiger partial charge in [0.2, 0.25) is 0 Å². The standard InChI is InChI=1S/C17H28N2/c1-14(2)11-18-12-15-7-4-5-8-16(15)13-19(3)17-9-6-10-17/h4-5,7-8,14,17-18H,6,9-13H2,1-3H3. The highest BCUT2D eigenvalue weighted by molar-refractivity contribution is 5.27. The van der Waals surface area contributed by atoms with Gasteiger partial charge in [0, 0.05) is 19.1 Å². The van der Waals surface area contributed by atoms with Crippen LogP contribution < -0.4 is 5.32 Å². The Bertz CT molecular complexity index is 383. The lowest BCUT2D eigenvalue weighted by Crippen LogP contribution is -2.36. The molecule has 0 heterocycles. The lowest BCUT2D eigenvalue weighted by molar-refractivity contribution is 0.152. The van der Waals surface area contributed by atoms with Crippen LogP contribution in [0.15, 0.2) is 24.3 Å². The Morgan fingerprint density at radius 2 is 1.89 bits per heavy atom. The molecule has 0 aliphatic heterocycles. The summed E-state index contributed by atoms with van der Waals surface area (Å²) in [6.45, 7) is 7.68. The Morgan fingerprint density at radius 3 is 2.47 bits per heavy atom. The molecule has 1 aliphatic rings. The van der Waals surface area contributed by atoms with E-state index in [9.17, 15) is 0 Å². The van der Waals surface area contributed by atoms with E-state index >= 15 is 0 Å². The average molecular weight is 260 g/mol. The summed E-state index contributed by atoms with van der Waals surface area (Å²) in [7, 11) is 2.27. The molecular weight excluding hydrogens is 232 g/mol. The zero-order valence-electron chi connectivity index (χ0n) is 12.7.